The Morgan fingerprint density at radius 3 is 2.40 bits per heavy atom. The second-order valence-corrected chi connectivity index (χ2v) is 7.41. The Morgan fingerprint density at radius 1 is 1.17 bits per heavy atom. The van der Waals surface area contributed by atoms with Crippen LogP contribution in [-0.2, 0) is 20.8 Å². The first-order valence-electron chi connectivity index (χ1n) is 9.45. The van der Waals surface area contributed by atoms with Crippen LogP contribution < -0.4 is 21.0 Å². The molecule has 0 radical (unpaired) electrons. The molecule has 0 saturated carbocycles. The average molecular weight is 418 g/mol. The van der Waals surface area contributed by atoms with Crippen molar-refractivity contribution in [3.05, 3.63) is 39.2 Å². The predicted octanol–water partition coefficient (Wildman–Crippen LogP) is 1.30. The minimum absolute atomic E-state index is 0.160. The summed E-state index contributed by atoms with van der Waals surface area (Å²) in [4.78, 5) is 47.8. The van der Waals surface area contributed by atoms with Crippen molar-refractivity contribution in [3.8, 4) is 5.75 Å². The van der Waals surface area contributed by atoms with Crippen molar-refractivity contribution in [1.82, 2.24) is 10.6 Å². The van der Waals surface area contributed by atoms with Crippen LogP contribution >= 0.6 is 0 Å². The highest BCUT2D eigenvalue weighted by atomic mass is 16.5. The predicted molar refractivity (Wildman–Crippen MR) is 110 cm³/mol. The van der Waals surface area contributed by atoms with Gasteiger partial charge in [-0.05, 0) is 43.0 Å². The number of carbonyl (C=O) groups is 3. The fourth-order valence-electron chi connectivity index (χ4n) is 3.14. The molecule has 1 unspecified atom stereocenters. The Balaban J connectivity index is 2.15. The van der Waals surface area contributed by atoms with Crippen LogP contribution in [0.4, 0.5) is 0 Å². The topological polar surface area (TPSA) is 135 Å². The van der Waals surface area contributed by atoms with Gasteiger partial charge in [-0.3, -0.25) is 9.59 Å². The molecule has 1 aromatic heterocycles. The van der Waals surface area contributed by atoms with Crippen LogP contribution in [0.25, 0.3) is 11.0 Å². The first-order chi connectivity index (χ1) is 14.0. The molecule has 1 heterocycles. The molecule has 2 amide bonds. The number of ether oxygens (including phenoxy) is 1. The smallest absolute Gasteiger partial charge is 0.340 e. The van der Waals surface area contributed by atoms with Gasteiger partial charge in [0, 0.05) is 0 Å². The van der Waals surface area contributed by atoms with Crippen molar-refractivity contribution in [3.63, 3.8) is 0 Å². The number of carboxylic acid groups (broad SMARTS) is 1. The number of carboxylic acids is 1. The van der Waals surface area contributed by atoms with Crippen LogP contribution in [0.3, 0.4) is 0 Å². The van der Waals surface area contributed by atoms with Crippen molar-refractivity contribution < 1.29 is 28.6 Å². The Hall–Kier alpha value is -3.36. The van der Waals surface area contributed by atoms with E-state index < -0.39 is 36.0 Å². The van der Waals surface area contributed by atoms with E-state index in [-0.39, 0.29) is 17.9 Å². The molecule has 0 fully saturated rings. The van der Waals surface area contributed by atoms with E-state index in [4.69, 9.17) is 14.3 Å². The van der Waals surface area contributed by atoms with Crippen molar-refractivity contribution in [2.45, 2.75) is 40.2 Å². The molecule has 2 rings (SSSR count). The maximum Gasteiger partial charge on any atom is 0.340 e. The summed E-state index contributed by atoms with van der Waals surface area (Å²) in [6.45, 7) is 6.46. The van der Waals surface area contributed by atoms with Gasteiger partial charge >= 0.3 is 11.6 Å². The van der Waals surface area contributed by atoms with E-state index in [2.05, 4.69) is 10.6 Å². The van der Waals surface area contributed by atoms with E-state index in [0.717, 1.165) is 5.56 Å². The van der Waals surface area contributed by atoms with Gasteiger partial charge < -0.3 is 24.9 Å². The molecule has 9 nitrogen and oxygen atoms in total. The minimum atomic E-state index is -1.15. The molecule has 0 saturated heterocycles. The van der Waals surface area contributed by atoms with Gasteiger partial charge in [-0.15, -0.1) is 0 Å². The number of carbonyl (C=O) groups excluding carboxylic acids is 2. The third kappa shape index (κ3) is 5.16. The highest BCUT2D eigenvalue weighted by Gasteiger charge is 2.24. The van der Waals surface area contributed by atoms with Gasteiger partial charge in [-0.2, -0.15) is 0 Å². The fourth-order valence-corrected chi connectivity index (χ4v) is 3.14. The van der Waals surface area contributed by atoms with Crippen molar-refractivity contribution in [2.24, 2.45) is 5.92 Å². The highest BCUT2D eigenvalue weighted by molar-refractivity contribution is 5.91. The molecule has 0 bridgehead atoms. The highest BCUT2D eigenvalue weighted by Crippen LogP contribution is 2.30. The number of benzene rings is 1. The molecule has 9 heteroatoms. The second-order valence-electron chi connectivity index (χ2n) is 7.41. The van der Waals surface area contributed by atoms with Crippen LogP contribution in [-0.4, -0.2) is 42.6 Å². The minimum Gasteiger partial charge on any atom is -0.496 e. The summed E-state index contributed by atoms with van der Waals surface area (Å²) in [5.74, 6) is -2.14. The molecule has 2 aromatic rings. The third-order valence-corrected chi connectivity index (χ3v) is 4.74. The lowest BCUT2D eigenvalue weighted by atomic mass is 10.0. The summed E-state index contributed by atoms with van der Waals surface area (Å²) in [5, 5.41) is 14.5. The van der Waals surface area contributed by atoms with E-state index in [1.165, 1.54) is 7.11 Å². The number of rotatable bonds is 8. The zero-order valence-corrected chi connectivity index (χ0v) is 17.6. The summed E-state index contributed by atoms with van der Waals surface area (Å²) >= 11 is 0. The van der Waals surface area contributed by atoms with Crippen molar-refractivity contribution in [1.29, 1.82) is 0 Å². The number of fused-ring (bicyclic) bond motifs is 1. The zero-order valence-electron chi connectivity index (χ0n) is 17.6. The molecule has 0 spiro atoms. The zero-order chi connectivity index (χ0) is 22.6. The molecule has 3 N–H and O–H groups in total. The van der Waals surface area contributed by atoms with Crippen LogP contribution in [0, 0.1) is 19.8 Å². The first-order valence-corrected chi connectivity index (χ1v) is 9.45. The number of aryl methyl sites for hydroxylation is 2. The third-order valence-electron chi connectivity index (χ3n) is 4.74. The molecule has 30 heavy (non-hydrogen) atoms. The standard InChI is InChI=1S/C21H26N2O7/c1-10(2)19(20(26)27)23-17(25)9-22-16(24)8-13-12(4)18-14(29-5)6-11(3)7-15(18)30-21(13)28/h6-7,10,19H,8-9H2,1-5H3,(H,22,24)(H,23,25)(H,26,27). The Morgan fingerprint density at radius 2 is 1.83 bits per heavy atom. The maximum atomic E-state index is 12.4. The molecule has 0 aliphatic heterocycles. The number of hydrogen-bond donors (Lipinski definition) is 3. The fraction of sp³-hybridized carbons (Fsp3) is 0.429. The molecule has 0 aliphatic carbocycles. The SMILES string of the molecule is COc1cc(C)cc2oc(=O)c(CC(=O)NCC(=O)NC(C(=O)O)C(C)C)c(C)c12. The number of methoxy groups -OCH3 is 1. The molecule has 0 aliphatic rings. The summed E-state index contributed by atoms with van der Waals surface area (Å²) < 4.78 is 10.7. The Labute approximate surface area is 173 Å². The summed E-state index contributed by atoms with van der Waals surface area (Å²) in [6, 6.07) is 2.46. The Bertz CT molecular complexity index is 1040. The van der Waals surface area contributed by atoms with Gasteiger partial charge in [0.05, 0.1) is 31.0 Å². The summed E-state index contributed by atoms with van der Waals surface area (Å²) in [5.41, 5.74) is 1.31. The van der Waals surface area contributed by atoms with Gasteiger partial charge in [-0.25, -0.2) is 9.59 Å². The number of hydrogen-bond acceptors (Lipinski definition) is 6. The van der Waals surface area contributed by atoms with E-state index >= 15 is 0 Å². The first kappa shape index (κ1) is 22.9. The lowest BCUT2D eigenvalue weighted by Crippen LogP contribution is -2.48. The van der Waals surface area contributed by atoms with Crippen LogP contribution in [0.2, 0.25) is 0 Å². The average Bonchev–Trinajstić information content (AvgIpc) is 2.66. The van der Waals surface area contributed by atoms with Crippen molar-refractivity contribution >= 4 is 28.8 Å². The largest absolute Gasteiger partial charge is 0.496 e. The molecule has 1 aromatic carbocycles. The lowest BCUT2D eigenvalue weighted by molar-refractivity contribution is -0.143. The molecule has 1 atom stereocenters. The maximum absolute atomic E-state index is 12.4. The van der Waals surface area contributed by atoms with Gasteiger partial charge in [-0.1, -0.05) is 13.8 Å². The normalized spacial score (nSPS) is 11.9. The van der Waals surface area contributed by atoms with E-state index in [9.17, 15) is 19.2 Å². The van der Waals surface area contributed by atoms with Gasteiger partial charge in [0.1, 0.15) is 17.4 Å². The molecular weight excluding hydrogens is 392 g/mol. The van der Waals surface area contributed by atoms with Crippen LogP contribution in [0.15, 0.2) is 21.3 Å². The van der Waals surface area contributed by atoms with E-state index in [0.29, 0.717) is 22.3 Å². The number of amides is 2. The summed E-state index contributed by atoms with van der Waals surface area (Å²) in [7, 11) is 1.51. The van der Waals surface area contributed by atoms with E-state index in [1.807, 2.05) is 6.92 Å². The number of nitrogens with one attached hydrogen (secondary N) is 2. The van der Waals surface area contributed by atoms with Crippen molar-refractivity contribution in [2.75, 3.05) is 13.7 Å². The van der Waals surface area contributed by atoms with Crippen LogP contribution in [0.1, 0.15) is 30.5 Å². The van der Waals surface area contributed by atoms with Gasteiger partial charge in [0.2, 0.25) is 11.8 Å². The monoisotopic (exact) mass is 418 g/mol. The quantitative estimate of drug-likeness (QED) is 0.550. The Kier molecular flexibility index (Phi) is 7.20. The molecular formula is C21H26N2O7. The van der Waals surface area contributed by atoms with Gasteiger partial charge in [0.25, 0.3) is 0 Å². The molecule has 162 valence electrons. The summed E-state index contributed by atoms with van der Waals surface area (Å²) in [6.07, 6.45) is -0.291. The van der Waals surface area contributed by atoms with E-state index in [1.54, 1.807) is 32.9 Å². The number of aliphatic carboxylic acids is 1. The second kappa shape index (κ2) is 9.43. The lowest BCUT2D eigenvalue weighted by Gasteiger charge is -2.18. The van der Waals surface area contributed by atoms with Gasteiger partial charge in [0.15, 0.2) is 0 Å². The van der Waals surface area contributed by atoms with Crippen LogP contribution in [0.5, 0.6) is 5.75 Å².